The lowest BCUT2D eigenvalue weighted by Crippen LogP contribution is -2.29. The highest BCUT2D eigenvalue weighted by molar-refractivity contribution is 6.34. The van der Waals surface area contributed by atoms with Crippen LogP contribution < -0.4 is 14.4 Å². The molecule has 0 radical (unpaired) electrons. The first-order chi connectivity index (χ1) is 23.1. The first-order valence-corrected chi connectivity index (χ1v) is 15.0. The summed E-state index contributed by atoms with van der Waals surface area (Å²) in [5.74, 6) is -1.45. The van der Waals surface area contributed by atoms with Gasteiger partial charge in [-0.1, -0.05) is 23.8 Å². The van der Waals surface area contributed by atoms with E-state index in [2.05, 4.69) is 0 Å². The van der Waals surface area contributed by atoms with Crippen molar-refractivity contribution >= 4 is 35.2 Å². The summed E-state index contributed by atoms with van der Waals surface area (Å²) in [7, 11) is 0. The van der Waals surface area contributed by atoms with Gasteiger partial charge in [0.2, 0.25) is 0 Å². The number of benzene rings is 5. The molecule has 48 heavy (non-hydrogen) atoms. The number of esters is 2. The van der Waals surface area contributed by atoms with Crippen LogP contribution in [-0.4, -0.2) is 36.1 Å². The van der Waals surface area contributed by atoms with Gasteiger partial charge in [0.25, 0.3) is 11.8 Å². The molecule has 1 aliphatic heterocycles. The summed E-state index contributed by atoms with van der Waals surface area (Å²) in [4.78, 5) is 65.1. The molecule has 0 fully saturated rings. The fraction of sp³-hybridized carbons (Fsp3) is 0.103. The van der Waals surface area contributed by atoms with E-state index in [1.54, 1.807) is 30.3 Å². The largest absolute Gasteiger partial charge is 0.457 e. The van der Waals surface area contributed by atoms with Crippen LogP contribution in [0.5, 0.6) is 17.2 Å². The highest BCUT2D eigenvalue weighted by Gasteiger charge is 2.37. The maximum atomic E-state index is 13.3. The van der Waals surface area contributed by atoms with Crippen molar-refractivity contribution in [1.29, 1.82) is 0 Å². The number of hydrogen-bond donors (Lipinski definition) is 0. The minimum atomic E-state index is -0.756. The summed E-state index contributed by atoms with van der Waals surface area (Å²) < 4.78 is 16.5. The zero-order valence-electron chi connectivity index (χ0n) is 26.3. The van der Waals surface area contributed by atoms with E-state index in [1.165, 1.54) is 48.5 Å². The summed E-state index contributed by atoms with van der Waals surface area (Å²) in [5, 5.41) is 0. The third-order valence-electron chi connectivity index (χ3n) is 7.94. The van der Waals surface area contributed by atoms with Crippen LogP contribution in [0, 0.1) is 20.8 Å². The van der Waals surface area contributed by atoms with Gasteiger partial charge < -0.3 is 14.2 Å². The van der Waals surface area contributed by atoms with Crippen molar-refractivity contribution in [1.82, 2.24) is 0 Å². The Morgan fingerprint density at radius 2 is 1.12 bits per heavy atom. The number of imide groups is 1. The van der Waals surface area contributed by atoms with Gasteiger partial charge in [0, 0.05) is 5.56 Å². The average molecular weight is 640 g/mol. The number of anilines is 1. The minimum Gasteiger partial charge on any atom is -0.457 e. The summed E-state index contributed by atoms with van der Waals surface area (Å²) in [6.45, 7) is 5.37. The number of ketones is 1. The van der Waals surface area contributed by atoms with Crippen molar-refractivity contribution in [2.75, 3.05) is 11.5 Å². The Labute approximate surface area is 276 Å². The van der Waals surface area contributed by atoms with Crippen LogP contribution >= 0.6 is 0 Å². The molecular weight excluding hydrogens is 610 g/mol. The van der Waals surface area contributed by atoms with Gasteiger partial charge in [0.1, 0.15) is 17.2 Å². The van der Waals surface area contributed by atoms with Crippen molar-refractivity contribution in [3.05, 3.63) is 154 Å². The Bertz CT molecular complexity index is 2080. The van der Waals surface area contributed by atoms with E-state index < -0.39 is 36.1 Å². The topological polar surface area (TPSA) is 116 Å². The molecule has 0 aromatic heterocycles. The molecule has 5 aromatic carbocycles. The van der Waals surface area contributed by atoms with Crippen LogP contribution in [0.1, 0.15) is 68.5 Å². The Morgan fingerprint density at radius 1 is 0.562 bits per heavy atom. The SMILES string of the molecule is Cc1ccc(C(=O)Oc2ccc(C(=O)COC(=O)c3ccc(N4C(=O)c5ccc(Oc6ccc(C)c(C)c6)cc5C4=O)cc3)cc2)cc1. The van der Waals surface area contributed by atoms with Gasteiger partial charge in [-0.15, -0.1) is 0 Å². The van der Waals surface area contributed by atoms with Crippen LogP contribution in [0.3, 0.4) is 0 Å². The first-order valence-electron chi connectivity index (χ1n) is 15.0. The zero-order valence-corrected chi connectivity index (χ0v) is 26.3. The molecule has 9 nitrogen and oxygen atoms in total. The monoisotopic (exact) mass is 639 g/mol. The van der Waals surface area contributed by atoms with Crippen LogP contribution in [0.2, 0.25) is 0 Å². The number of nitrogens with zero attached hydrogens (tertiary/aromatic N) is 1. The number of rotatable bonds is 9. The maximum absolute atomic E-state index is 13.3. The fourth-order valence-corrected chi connectivity index (χ4v) is 5.04. The molecular formula is C39H29NO8. The second-order valence-corrected chi connectivity index (χ2v) is 11.3. The molecule has 5 aromatic rings. The van der Waals surface area contributed by atoms with Gasteiger partial charge in [-0.3, -0.25) is 14.4 Å². The molecule has 6 rings (SSSR count). The van der Waals surface area contributed by atoms with Gasteiger partial charge >= 0.3 is 11.9 Å². The smallest absolute Gasteiger partial charge is 0.343 e. The number of aryl methyl sites for hydroxylation is 3. The Morgan fingerprint density at radius 3 is 1.81 bits per heavy atom. The second kappa shape index (κ2) is 13.2. The lowest BCUT2D eigenvalue weighted by Gasteiger charge is -2.14. The Hall–Kier alpha value is -6.35. The van der Waals surface area contributed by atoms with Gasteiger partial charge in [-0.2, -0.15) is 0 Å². The zero-order chi connectivity index (χ0) is 33.9. The van der Waals surface area contributed by atoms with E-state index in [9.17, 15) is 24.0 Å². The van der Waals surface area contributed by atoms with Crippen molar-refractivity contribution in [3.63, 3.8) is 0 Å². The predicted molar refractivity (Wildman–Crippen MR) is 177 cm³/mol. The molecule has 238 valence electrons. The third kappa shape index (κ3) is 6.61. The van der Waals surface area contributed by atoms with Gasteiger partial charge in [0.05, 0.1) is 27.9 Å². The van der Waals surface area contributed by atoms with Crippen LogP contribution in [0.15, 0.2) is 109 Å². The molecule has 0 saturated heterocycles. The van der Waals surface area contributed by atoms with E-state index in [4.69, 9.17) is 14.2 Å². The van der Waals surface area contributed by atoms with Crippen LogP contribution in [0.25, 0.3) is 0 Å². The van der Waals surface area contributed by atoms with E-state index in [-0.39, 0.29) is 33.7 Å². The number of Topliss-reactive ketones (excluding diaryl/α,β-unsaturated/α-hetero) is 1. The van der Waals surface area contributed by atoms with Crippen LogP contribution in [-0.2, 0) is 4.74 Å². The average Bonchev–Trinajstić information content (AvgIpc) is 3.34. The standard InChI is InChI=1S/C39H29NO8/c1-23-4-7-28(8-5-23)39(45)48-30-16-11-26(12-17-30)35(41)22-46-38(44)27-9-13-29(14-10-27)40-36(42)33-19-18-32(21-34(33)37(40)43)47-31-15-6-24(2)25(3)20-31/h4-21H,22H2,1-3H3. The van der Waals surface area contributed by atoms with Crippen molar-refractivity contribution in [2.24, 2.45) is 0 Å². The van der Waals surface area contributed by atoms with Crippen molar-refractivity contribution < 1.29 is 38.2 Å². The van der Waals surface area contributed by atoms with E-state index in [0.717, 1.165) is 21.6 Å². The fourth-order valence-electron chi connectivity index (χ4n) is 5.04. The number of fused-ring (bicyclic) bond motifs is 1. The van der Waals surface area contributed by atoms with Crippen molar-refractivity contribution in [3.8, 4) is 17.2 Å². The lowest BCUT2D eigenvalue weighted by molar-refractivity contribution is 0.0474. The molecule has 0 bridgehead atoms. The molecule has 0 unspecified atom stereocenters. The highest BCUT2D eigenvalue weighted by Crippen LogP contribution is 2.33. The normalized spacial score (nSPS) is 12.0. The number of carbonyl (C=O) groups is 5. The number of hydrogen-bond acceptors (Lipinski definition) is 8. The number of amides is 2. The quantitative estimate of drug-likeness (QED) is 0.0706. The molecule has 0 saturated carbocycles. The molecule has 9 heteroatoms. The number of carbonyl (C=O) groups excluding carboxylic acids is 5. The molecule has 0 aliphatic carbocycles. The maximum Gasteiger partial charge on any atom is 0.343 e. The van der Waals surface area contributed by atoms with E-state index in [1.807, 2.05) is 51.1 Å². The summed E-state index contributed by atoms with van der Waals surface area (Å²) in [5.41, 5.74) is 4.73. The molecule has 1 heterocycles. The minimum absolute atomic E-state index is 0.130. The molecule has 0 spiro atoms. The molecule has 1 aliphatic rings. The summed E-state index contributed by atoms with van der Waals surface area (Å²) in [6, 6.07) is 29.0. The molecule has 0 N–H and O–H groups in total. The number of ether oxygens (including phenoxy) is 3. The van der Waals surface area contributed by atoms with Crippen molar-refractivity contribution in [2.45, 2.75) is 20.8 Å². The lowest BCUT2D eigenvalue weighted by atomic mass is 10.1. The molecule has 2 amide bonds. The Balaban J connectivity index is 1.05. The van der Waals surface area contributed by atoms with Gasteiger partial charge in [0.15, 0.2) is 12.4 Å². The van der Waals surface area contributed by atoms with Gasteiger partial charge in [-0.25, -0.2) is 14.5 Å². The van der Waals surface area contributed by atoms with E-state index >= 15 is 0 Å². The summed E-state index contributed by atoms with van der Waals surface area (Å²) in [6.07, 6.45) is 0. The Kier molecular flexibility index (Phi) is 8.68. The second-order valence-electron chi connectivity index (χ2n) is 11.3. The first kappa shape index (κ1) is 31.6. The highest BCUT2D eigenvalue weighted by atomic mass is 16.5. The third-order valence-corrected chi connectivity index (χ3v) is 7.94. The van der Waals surface area contributed by atoms with E-state index in [0.29, 0.717) is 17.1 Å². The van der Waals surface area contributed by atoms with Gasteiger partial charge in [-0.05, 0) is 123 Å². The van der Waals surface area contributed by atoms with Crippen LogP contribution in [0.4, 0.5) is 5.69 Å². The predicted octanol–water partition coefficient (Wildman–Crippen LogP) is 7.46. The summed E-state index contributed by atoms with van der Waals surface area (Å²) >= 11 is 0. The molecule has 0 atom stereocenters.